The number of amides is 3. The van der Waals surface area contributed by atoms with E-state index in [1.807, 2.05) is 37.3 Å². The minimum absolute atomic E-state index is 0.115. The molecule has 0 radical (unpaired) electrons. The fraction of sp³-hybridized carbons (Fsp3) is 0.115. The van der Waals surface area contributed by atoms with Gasteiger partial charge in [-0.25, -0.2) is 4.68 Å². The third-order valence-electron chi connectivity index (χ3n) is 5.39. The quantitative estimate of drug-likeness (QED) is 0.322. The zero-order chi connectivity index (χ0) is 24.9. The van der Waals surface area contributed by atoms with Crippen molar-refractivity contribution < 1.29 is 14.4 Å². The molecule has 7 nitrogen and oxygen atoms in total. The first-order valence-corrected chi connectivity index (χ1v) is 11.6. The SMILES string of the molecule is Cc1ccc(NC(=O)c2cc3cc(Cl)ccc3n2NC(=O)C(=O)NCCc2ccccc2)cc1Cl. The Morgan fingerprint density at radius 1 is 0.886 bits per heavy atom. The number of anilines is 1. The Labute approximate surface area is 212 Å². The summed E-state index contributed by atoms with van der Waals surface area (Å²) in [5.74, 6) is -2.21. The average molecular weight is 509 g/mol. The van der Waals surface area contributed by atoms with Gasteiger partial charge in [0.15, 0.2) is 0 Å². The predicted octanol–water partition coefficient (Wildman–Crippen LogP) is 4.94. The largest absolute Gasteiger partial charge is 0.347 e. The van der Waals surface area contributed by atoms with Gasteiger partial charge >= 0.3 is 11.8 Å². The summed E-state index contributed by atoms with van der Waals surface area (Å²) >= 11 is 12.3. The van der Waals surface area contributed by atoms with Crippen molar-refractivity contribution >= 4 is 57.5 Å². The highest BCUT2D eigenvalue weighted by Gasteiger charge is 2.21. The van der Waals surface area contributed by atoms with Gasteiger partial charge in [0.25, 0.3) is 5.91 Å². The molecular formula is C26H22Cl2N4O3. The molecule has 0 aliphatic carbocycles. The van der Waals surface area contributed by atoms with Crippen molar-refractivity contribution in [3.63, 3.8) is 0 Å². The van der Waals surface area contributed by atoms with Crippen molar-refractivity contribution in [2.75, 3.05) is 17.3 Å². The van der Waals surface area contributed by atoms with Crippen molar-refractivity contribution in [1.82, 2.24) is 9.99 Å². The summed E-state index contributed by atoms with van der Waals surface area (Å²) in [6.07, 6.45) is 0.581. The molecular weight excluding hydrogens is 487 g/mol. The summed E-state index contributed by atoms with van der Waals surface area (Å²) in [7, 11) is 0. The minimum Gasteiger partial charge on any atom is -0.347 e. The topological polar surface area (TPSA) is 92.2 Å². The first-order valence-electron chi connectivity index (χ1n) is 10.8. The molecule has 3 amide bonds. The lowest BCUT2D eigenvalue weighted by Crippen LogP contribution is -2.40. The number of carbonyl (C=O) groups excluding carboxylic acids is 3. The van der Waals surface area contributed by atoms with Gasteiger partial charge < -0.3 is 10.6 Å². The van der Waals surface area contributed by atoms with E-state index in [4.69, 9.17) is 23.2 Å². The van der Waals surface area contributed by atoms with Crippen LogP contribution in [-0.4, -0.2) is 28.9 Å². The monoisotopic (exact) mass is 508 g/mol. The highest BCUT2D eigenvalue weighted by molar-refractivity contribution is 6.38. The molecule has 0 bridgehead atoms. The number of aromatic nitrogens is 1. The molecule has 178 valence electrons. The predicted molar refractivity (Wildman–Crippen MR) is 139 cm³/mol. The van der Waals surface area contributed by atoms with E-state index in [2.05, 4.69) is 16.1 Å². The maximum absolute atomic E-state index is 13.1. The van der Waals surface area contributed by atoms with Crippen LogP contribution in [0.4, 0.5) is 5.69 Å². The fourth-order valence-corrected chi connectivity index (χ4v) is 3.90. The second kappa shape index (κ2) is 10.6. The zero-order valence-electron chi connectivity index (χ0n) is 18.8. The molecule has 1 heterocycles. The Hall–Kier alpha value is -3.81. The number of nitrogens with one attached hydrogen (secondary N) is 3. The van der Waals surface area contributed by atoms with Gasteiger partial charge in [-0.05, 0) is 60.9 Å². The summed E-state index contributed by atoms with van der Waals surface area (Å²) in [5.41, 5.74) is 5.55. The second-order valence-corrected chi connectivity index (χ2v) is 8.76. The summed E-state index contributed by atoms with van der Waals surface area (Å²) in [4.78, 5) is 38.2. The highest BCUT2D eigenvalue weighted by Crippen LogP contribution is 2.25. The molecule has 0 fully saturated rings. The summed E-state index contributed by atoms with van der Waals surface area (Å²) in [6.45, 7) is 2.15. The van der Waals surface area contributed by atoms with Gasteiger partial charge in [-0.2, -0.15) is 0 Å². The van der Waals surface area contributed by atoms with Crippen LogP contribution < -0.4 is 16.1 Å². The molecule has 0 spiro atoms. The lowest BCUT2D eigenvalue weighted by molar-refractivity contribution is -0.136. The van der Waals surface area contributed by atoms with E-state index in [-0.39, 0.29) is 5.69 Å². The molecule has 35 heavy (non-hydrogen) atoms. The van der Waals surface area contributed by atoms with Crippen LogP contribution in [0.25, 0.3) is 10.9 Å². The molecule has 3 aromatic carbocycles. The minimum atomic E-state index is -0.905. The molecule has 0 unspecified atom stereocenters. The maximum Gasteiger partial charge on any atom is 0.328 e. The number of benzene rings is 3. The van der Waals surface area contributed by atoms with E-state index in [0.29, 0.717) is 39.6 Å². The first-order chi connectivity index (χ1) is 16.8. The molecule has 0 saturated heterocycles. The molecule has 4 rings (SSSR count). The van der Waals surface area contributed by atoms with E-state index >= 15 is 0 Å². The van der Waals surface area contributed by atoms with Crippen LogP contribution in [0.3, 0.4) is 0 Å². The third-order valence-corrected chi connectivity index (χ3v) is 6.03. The molecule has 1 aromatic heterocycles. The lowest BCUT2D eigenvalue weighted by Gasteiger charge is -2.13. The van der Waals surface area contributed by atoms with Crippen LogP contribution in [0.15, 0.2) is 72.8 Å². The van der Waals surface area contributed by atoms with Crippen LogP contribution in [-0.2, 0) is 16.0 Å². The number of fused-ring (bicyclic) bond motifs is 1. The van der Waals surface area contributed by atoms with Crippen LogP contribution in [0.2, 0.25) is 10.0 Å². The molecule has 0 aliphatic rings. The maximum atomic E-state index is 13.1. The van der Waals surface area contributed by atoms with E-state index in [1.165, 1.54) is 4.68 Å². The zero-order valence-corrected chi connectivity index (χ0v) is 20.3. The van der Waals surface area contributed by atoms with Gasteiger partial charge in [-0.3, -0.25) is 19.8 Å². The average Bonchev–Trinajstić information content (AvgIpc) is 3.19. The van der Waals surface area contributed by atoms with E-state index in [1.54, 1.807) is 42.5 Å². The molecule has 4 aromatic rings. The number of aryl methyl sites for hydroxylation is 1. The van der Waals surface area contributed by atoms with Gasteiger partial charge in [0.1, 0.15) is 5.69 Å². The van der Waals surface area contributed by atoms with Crippen LogP contribution >= 0.6 is 23.2 Å². The summed E-state index contributed by atoms with van der Waals surface area (Å²) in [5, 5.41) is 6.97. The van der Waals surface area contributed by atoms with Gasteiger partial charge in [0.05, 0.1) is 5.52 Å². The van der Waals surface area contributed by atoms with Gasteiger partial charge in [-0.1, -0.05) is 59.6 Å². The number of hydrogen-bond acceptors (Lipinski definition) is 3. The summed E-state index contributed by atoms with van der Waals surface area (Å²) < 4.78 is 1.27. The molecule has 0 saturated carbocycles. The number of nitrogens with zero attached hydrogens (tertiary/aromatic N) is 1. The number of hydrogen-bond donors (Lipinski definition) is 3. The first kappa shape index (κ1) is 24.3. The van der Waals surface area contributed by atoms with Gasteiger partial charge in [0, 0.05) is 27.7 Å². The third kappa shape index (κ3) is 5.82. The highest BCUT2D eigenvalue weighted by atomic mass is 35.5. The smallest absolute Gasteiger partial charge is 0.328 e. The number of halogens is 2. The van der Waals surface area contributed by atoms with E-state index in [9.17, 15) is 14.4 Å². The van der Waals surface area contributed by atoms with Crippen molar-refractivity contribution in [2.24, 2.45) is 0 Å². The van der Waals surface area contributed by atoms with Gasteiger partial charge in [-0.15, -0.1) is 0 Å². The van der Waals surface area contributed by atoms with Crippen molar-refractivity contribution in [3.8, 4) is 0 Å². The number of rotatable bonds is 6. The normalized spacial score (nSPS) is 10.7. The molecule has 0 atom stereocenters. The lowest BCUT2D eigenvalue weighted by atomic mass is 10.1. The Morgan fingerprint density at radius 2 is 1.66 bits per heavy atom. The fourth-order valence-electron chi connectivity index (χ4n) is 3.54. The standard InChI is InChI=1S/C26H22Cl2N4O3/c1-16-7-9-20(15-21(16)28)30-24(33)23-14-18-13-19(27)8-10-22(18)32(23)31-26(35)25(34)29-12-11-17-5-3-2-4-6-17/h2-10,13-15H,11-12H2,1H3,(H,29,34)(H,30,33)(H,31,35). The molecule has 0 aliphatic heterocycles. The van der Waals surface area contributed by atoms with E-state index < -0.39 is 17.7 Å². The van der Waals surface area contributed by atoms with Crippen molar-refractivity contribution in [2.45, 2.75) is 13.3 Å². The van der Waals surface area contributed by atoms with Gasteiger partial charge in [0.2, 0.25) is 0 Å². The second-order valence-electron chi connectivity index (χ2n) is 7.92. The molecule has 3 N–H and O–H groups in total. The Kier molecular flexibility index (Phi) is 7.39. The van der Waals surface area contributed by atoms with Crippen molar-refractivity contribution in [3.05, 3.63) is 99.7 Å². The van der Waals surface area contributed by atoms with Crippen LogP contribution in [0, 0.1) is 6.92 Å². The Bertz CT molecular complexity index is 1420. The van der Waals surface area contributed by atoms with Crippen LogP contribution in [0.1, 0.15) is 21.6 Å². The van der Waals surface area contributed by atoms with E-state index in [0.717, 1.165) is 11.1 Å². The Morgan fingerprint density at radius 3 is 2.40 bits per heavy atom. The van der Waals surface area contributed by atoms with Crippen LogP contribution in [0.5, 0.6) is 0 Å². The molecule has 9 heteroatoms. The van der Waals surface area contributed by atoms with Crippen molar-refractivity contribution in [1.29, 1.82) is 0 Å². The summed E-state index contributed by atoms with van der Waals surface area (Å²) in [6, 6.07) is 21.3. The number of carbonyl (C=O) groups is 3. The Balaban J connectivity index is 1.53.